The van der Waals surface area contributed by atoms with Crippen LogP contribution in [0.5, 0.6) is 0 Å². The Morgan fingerprint density at radius 3 is 1.53 bits per heavy atom. The number of imidazole rings is 3. The van der Waals surface area contributed by atoms with Gasteiger partial charge in [-0.1, -0.05) is 0 Å². The number of aliphatic carboxylic acids is 1. The number of aromatic nitrogens is 10. The first-order valence-corrected chi connectivity index (χ1v) is 25.0. The standard InChI is InChI=1S/C52H61N13O12/c1-27-36(10-12-49(66)67)42-23-43-37(11-13-50(68)77-19-16-62-35(9)55-26-48(62)65(73)74)28(2)38(56-43)20-40-29(3)51(31(5)75-17-14-60-33(7)53-24-46(60)63(69)70)45(58-40)22-41-30(4)52(44(59-41)21-39(27)57-42)32(6)76-18-15-61-34(8)54-25-47(61)64(71)72/h20-26,31-32,56-59H,10-19H2,1-9H3,(H,66,67). The van der Waals surface area contributed by atoms with Crippen LogP contribution in [-0.4, -0.2) is 100 Å². The van der Waals surface area contributed by atoms with Gasteiger partial charge in [-0.25, -0.2) is 28.7 Å². The molecule has 25 heteroatoms. The minimum Gasteiger partial charge on any atom is -0.481 e. The lowest BCUT2D eigenvalue weighted by Crippen LogP contribution is -2.17. The Balaban J connectivity index is 1.24. The average Bonchev–Trinajstić information content (AvgIpc) is 4.26. The van der Waals surface area contributed by atoms with Gasteiger partial charge in [0.05, 0.1) is 25.4 Å². The van der Waals surface area contributed by atoms with Crippen LogP contribution in [-0.2, 0) is 56.3 Å². The summed E-state index contributed by atoms with van der Waals surface area (Å²) < 4.78 is 22.9. The van der Waals surface area contributed by atoms with Gasteiger partial charge in [0.25, 0.3) is 0 Å². The van der Waals surface area contributed by atoms with Gasteiger partial charge in [0.2, 0.25) is 0 Å². The van der Waals surface area contributed by atoms with Crippen molar-refractivity contribution in [3.8, 4) is 0 Å². The van der Waals surface area contributed by atoms with Crippen LogP contribution in [0.1, 0.15) is 124 Å². The monoisotopic (exact) mass is 1060 g/mol. The number of carboxylic acids is 1. The van der Waals surface area contributed by atoms with E-state index >= 15 is 0 Å². The highest BCUT2D eigenvalue weighted by molar-refractivity contribution is 5.71. The largest absolute Gasteiger partial charge is 0.481 e. The number of carbonyl (C=O) groups is 2. The number of nitrogens with zero attached hydrogens (tertiary/aromatic N) is 9. The maximum atomic E-state index is 13.4. The Morgan fingerprint density at radius 1 is 0.545 bits per heavy atom. The van der Waals surface area contributed by atoms with Crippen molar-refractivity contribution in [2.24, 2.45) is 0 Å². The molecule has 1 aliphatic rings. The van der Waals surface area contributed by atoms with Crippen molar-refractivity contribution in [3.63, 3.8) is 0 Å². The molecule has 0 fully saturated rings. The first kappa shape index (κ1) is 54.5. The Labute approximate surface area is 439 Å². The molecule has 8 bridgehead atoms. The number of aryl methyl sites for hydroxylation is 3. The van der Waals surface area contributed by atoms with E-state index in [4.69, 9.17) is 14.2 Å². The molecule has 5 N–H and O–H groups in total. The number of nitro groups is 3. The maximum absolute atomic E-state index is 13.4. The third-order valence-corrected chi connectivity index (χ3v) is 14.4. The summed E-state index contributed by atoms with van der Waals surface area (Å²) in [6.45, 7) is 17.2. The molecular weight excluding hydrogens is 999 g/mol. The molecule has 8 rings (SSSR count). The van der Waals surface area contributed by atoms with Crippen LogP contribution in [0.4, 0.5) is 17.5 Å². The summed E-state index contributed by atoms with van der Waals surface area (Å²) in [5, 5.41) is 47.8. The molecule has 0 amide bonds. The second kappa shape index (κ2) is 22.6. The molecule has 2 unspecified atom stereocenters. The highest BCUT2D eigenvalue weighted by Gasteiger charge is 2.25. The fraction of sp³-hybridized carbons (Fsp3) is 0.404. The normalized spacial score (nSPS) is 12.8. The third-order valence-electron chi connectivity index (χ3n) is 14.4. The molecule has 8 heterocycles. The van der Waals surface area contributed by atoms with Gasteiger partial charge >= 0.3 is 29.4 Å². The van der Waals surface area contributed by atoms with Gasteiger partial charge in [-0.05, 0) is 127 Å². The highest BCUT2D eigenvalue weighted by atomic mass is 16.6. The number of rotatable bonds is 22. The lowest BCUT2D eigenvalue weighted by Gasteiger charge is -2.15. The van der Waals surface area contributed by atoms with Gasteiger partial charge in [0.15, 0.2) is 17.5 Å². The number of fused-ring (bicyclic) bond motifs is 8. The predicted octanol–water partition coefficient (Wildman–Crippen LogP) is 4.85. The molecule has 0 saturated carbocycles. The van der Waals surface area contributed by atoms with E-state index in [0.717, 1.165) is 67.1 Å². The smallest absolute Gasteiger partial charge is 0.342 e. The van der Waals surface area contributed by atoms with Crippen LogP contribution in [0.15, 0.2) is 18.6 Å². The fourth-order valence-electron chi connectivity index (χ4n) is 10.2. The summed E-state index contributed by atoms with van der Waals surface area (Å²) in [5.41, 5.74) is 9.34. The number of carbonyl (C=O) groups excluding carboxylic acids is 1. The quantitative estimate of drug-likeness (QED) is 0.0344. The van der Waals surface area contributed by atoms with E-state index in [1.165, 1.54) is 26.1 Å². The van der Waals surface area contributed by atoms with Crippen molar-refractivity contribution in [1.82, 2.24) is 48.6 Å². The van der Waals surface area contributed by atoms with Gasteiger partial charge < -0.3 is 69.6 Å². The molecule has 0 aromatic carbocycles. The molecule has 0 spiro atoms. The van der Waals surface area contributed by atoms with E-state index in [9.17, 15) is 45.0 Å². The topological polar surface area (TPSA) is 328 Å². The van der Waals surface area contributed by atoms with Crippen molar-refractivity contribution in [3.05, 3.63) is 155 Å². The summed E-state index contributed by atoms with van der Waals surface area (Å²) in [6, 6.07) is 0. The van der Waals surface area contributed by atoms with E-state index < -0.39 is 38.9 Å². The van der Waals surface area contributed by atoms with Crippen LogP contribution < -0.4 is 21.4 Å². The summed E-state index contributed by atoms with van der Waals surface area (Å²) in [5.74, 6) is -0.603. The van der Waals surface area contributed by atoms with Gasteiger partial charge in [-0.2, -0.15) is 0 Å². The molecule has 7 aromatic rings. The summed E-state index contributed by atoms with van der Waals surface area (Å²) in [6.07, 6.45) is 10.6. The molecule has 7 aromatic heterocycles. The van der Waals surface area contributed by atoms with Crippen LogP contribution in [0.25, 0.3) is 24.3 Å². The Kier molecular flexibility index (Phi) is 16.0. The molecular formula is C52H61N13O12. The third kappa shape index (κ3) is 11.4. The van der Waals surface area contributed by atoms with Crippen molar-refractivity contribution < 1.29 is 43.7 Å². The zero-order chi connectivity index (χ0) is 55.6. The number of aromatic amines is 4. The molecule has 0 radical (unpaired) electrons. The number of H-pyrrole nitrogens is 4. The van der Waals surface area contributed by atoms with E-state index in [2.05, 4.69) is 34.9 Å². The van der Waals surface area contributed by atoms with Crippen molar-refractivity contribution in [2.75, 3.05) is 19.8 Å². The van der Waals surface area contributed by atoms with Gasteiger partial charge in [-0.3, -0.25) is 9.59 Å². The van der Waals surface area contributed by atoms with E-state index in [1.54, 1.807) is 20.8 Å². The summed E-state index contributed by atoms with van der Waals surface area (Å²) in [7, 11) is 0. The Bertz CT molecular complexity index is 3710. The van der Waals surface area contributed by atoms with Gasteiger partial charge in [0, 0.05) is 88.9 Å². The number of ether oxygens (including phenoxy) is 3. The number of hydrogen-bond acceptors (Lipinski definition) is 14. The second-order valence-electron chi connectivity index (χ2n) is 19.0. The molecule has 1 aliphatic heterocycles. The van der Waals surface area contributed by atoms with Crippen LogP contribution in [0, 0.1) is 78.8 Å². The van der Waals surface area contributed by atoms with Crippen LogP contribution >= 0.6 is 0 Å². The number of nitrogens with one attached hydrogen (secondary N) is 4. The SMILES string of the molecule is Cc1c2[nH]c(c1CCC(=O)O)C=c1[nH]c(c(C)c1CCC(=O)OCCn1c([N+](=O)[O-])cnc1C)=Cc1[nH]c(c(C(C)OCCn3c([N+](=O)[O-])cnc3C)c1C)C=c1[nH]c(c(C(C)OCCn3c([N+](=O)[O-])cnc3C)c1C)=C2. The minimum absolute atomic E-state index is 0.0316. The van der Waals surface area contributed by atoms with Crippen LogP contribution in [0.3, 0.4) is 0 Å². The number of hydrogen-bond donors (Lipinski definition) is 5. The van der Waals surface area contributed by atoms with Crippen LogP contribution in [0.2, 0.25) is 0 Å². The zero-order valence-electron chi connectivity index (χ0n) is 44.2. The molecule has 0 saturated heterocycles. The molecule has 77 heavy (non-hydrogen) atoms. The van der Waals surface area contributed by atoms with E-state index in [1.807, 2.05) is 65.8 Å². The molecule has 406 valence electrons. The number of carboxylic acid groups (broad SMARTS) is 1. The average molecular weight is 1060 g/mol. The minimum atomic E-state index is -0.966. The first-order chi connectivity index (χ1) is 36.6. The fourth-order valence-corrected chi connectivity index (χ4v) is 10.2. The lowest BCUT2D eigenvalue weighted by atomic mass is 10.0. The lowest BCUT2D eigenvalue weighted by molar-refractivity contribution is -0.392. The Morgan fingerprint density at radius 2 is 0.987 bits per heavy atom. The number of esters is 1. The molecule has 0 aliphatic carbocycles. The van der Waals surface area contributed by atoms with E-state index in [0.29, 0.717) is 45.3 Å². The molecule has 2 atom stereocenters. The van der Waals surface area contributed by atoms with E-state index in [-0.39, 0.29) is 82.6 Å². The summed E-state index contributed by atoms with van der Waals surface area (Å²) in [4.78, 5) is 85.9. The second-order valence-corrected chi connectivity index (χ2v) is 19.0. The molecule has 25 nitrogen and oxygen atoms in total. The highest BCUT2D eigenvalue weighted by Crippen LogP contribution is 2.30. The Hall–Kier alpha value is -8.71. The summed E-state index contributed by atoms with van der Waals surface area (Å²) >= 11 is 0. The van der Waals surface area contributed by atoms with Gasteiger partial charge in [0.1, 0.15) is 44.8 Å². The first-order valence-electron chi connectivity index (χ1n) is 25.0. The van der Waals surface area contributed by atoms with Crippen molar-refractivity contribution in [2.45, 2.75) is 120 Å². The van der Waals surface area contributed by atoms with Crippen molar-refractivity contribution in [1.29, 1.82) is 0 Å². The van der Waals surface area contributed by atoms with Gasteiger partial charge in [-0.15, -0.1) is 0 Å². The maximum Gasteiger partial charge on any atom is 0.342 e. The zero-order valence-corrected chi connectivity index (χ0v) is 44.2. The predicted molar refractivity (Wildman–Crippen MR) is 280 cm³/mol. The van der Waals surface area contributed by atoms with Crippen molar-refractivity contribution >= 4 is 53.7 Å².